The van der Waals surface area contributed by atoms with Crippen LogP contribution in [0.3, 0.4) is 0 Å². The fourth-order valence-electron chi connectivity index (χ4n) is 2.51. The molecule has 0 saturated heterocycles. The Morgan fingerprint density at radius 3 is 2.60 bits per heavy atom. The molecule has 0 fully saturated rings. The molecule has 1 atom stereocenters. The molecule has 0 aromatic heterocycles. The number of rotatable bonds is 6. The summed E-state index contributed by atoms with van der Waals surface area (Å²) in [6.45, 7) is 6.25. The first-order valence-corrected chi connectivity index (χ1v) is 7.58. The Hall–Kier alpha value is -1.31. The second-order valence-electron chi connectivity index (χ2n) is 5.25. The van der Waals surface area contributed by atoms with E-state index in [1.807, 2.05) is 12.1 Å². The molecule has 0 aliphatic heterocycles. The second-order valence-corrected chi connectivity index (χ2v) is 5.69. The number of hydrogen-bond donors (Lipinski definition) is 1. The van der Waals surface area contributed by atoms with E-state index < -0.39 is 0 Å². The van der Waals surface area contributed by atoms with Crippen LogP contribution < -0.4 is 5.32 Å². The van der Waals surface area contributed by atoms with E-state index in [-0.39, 0.29) is 0 Å². The Bertz CT molecular complexity index is 551. The molecule has 1 N–H and O–H groups in total. The minimum atomic E-state index is 0.454. The molecular weight excluding hydrogens is 266 g/mol. The maximum atomic E-state index is 6.13. The highest BCUT2D eigenvalue weighted by Gasteiger charge is 2.12. The van der Waals surface area contributed by atoms with E-state index in [2.05, 4.69) is 55.6 Å². The molecule has 0 saturated carbocycles. The summed E-state index contributed by atoms with van der Waals surface area (Å²) in [5, 5.41) is 4.27. The van der Waals surface area contributed by atoms with Crippen LogP contribution >= 0.6 is 11.6 Å². The van der Waals surface area contributed by atoms with Crippen molar-refractivity contribution in [3.8, 4) is 0 Å². The van der Waals surface area contributed by atoms with Gasteiger partial charge in [0.25, 0.3) is 0 Å². The van der Waals surface area contributed by atoms with Crippen molar-refractivity contribution in [3.63, 3.8) is 0 Å². The van der Waals surface area contributed by atoms with Gasteiger partial charge in [-0.3, -0.25) is 0 Å². The molecule has 0 spiro atoms. The zero-order valence-corrected chi connectivity index (χ0v) is 13.0. The van der Waals surface area contributed by atoms with Crippen molar-refractivity contribution in [2.45, 2.75) is 26.2 Å². The van der Waals surface area contributed by atoms with Gasteiger partial charge >= 0.3 is 0 Å². The third-order valence-electron chi connectivity index (χ3n) is 3.53. The number of nitrogens with one attached hydrogen (secondary N) is 1. The lowest BCUT2D eigenvalue weighted by Crippen LogP contribution is -2.22. The van der Waals surface area contributed by atoms with Crippen molar-refractivity contribution < 1.29 is 0 Å². The Morgan fingerprint density at radius 2 is 1.90 bits per heavy atom. The molecule has 0 radical (unpaired) electrons. The molecule has 20 heavy (non-hydrogen) atoms. The molecule has 1 unspecified atom stereocenters. The van der Waals surface area contributed by atoms with E-state index in [1.165, 1.54) is 16.7 Å². The number of hydrogen-bond acceptors (Lipinski definition) is 1. The van der Waals surface area contributed by atoms with Crippen LogP contribution in [0.15, 0.2) is 48.5 Å². The van der Waals surface area contributed by atoms with Crippen LogP contribution in [0.25, 0.3) is 0 Å². The van der Waals surface area contributed by atoms with Crippen LogP contribution in [-0.4, -0.2) is 13.1 Å². The lowest BCUT2D eigenvalue weighted by Gasteiger charge is -2.18. The number of halogens is 1. The first-order chi connectivity index (χ1) is 9.69. The van der Waals surface area contributed by atoms with Gasteiger partial charge in [0.05, 0.1) is 0 Å². The van der Waals surface area contributed by atoms with Crippen molar-refractivity contribution in [3.05, 3.63) is 70.2 Å². The van der Waals surface area contributed by atoms with Crippen LogP contribution in [0, 0.1) is 6.92 Å². The maximum absolute atomic E-state index is 6.13. The number of benzene rings is 2. The monoisotopic (exact) mass is 287 g/mol. The van der Waals surface area contributed by atoms with Gasteiger partial charge in [-0.05, 0) is 43.1 Å². The van der Waals surface area contributed by atoms with E-state index in [0.717, 1.165) is 24.5 Å². The van der Waals surface area contributed by atoms with Crippen molar-refractivity contribution in [1.82, 2.24) is 5.32 Å². The van der Waals surface area contributed by atoms with Gasteiger partial charge in [0.2, 0.25) is 0 Å². The molecule has 0 aliphatic rings. The molecule has 2 rings (SSSR count). The summed E-state index contributed by atoms with van der Waals surface area (Å²) >= 11 is 6.13. The van der Waals surface area contributed by atoms with E-state index in [1.54, 1.807) is 0 Å². The molecule has 0 amide bonds. The van der Waals surface area contributed by atoms with Crippen LogP contribution in [0.5, 0.6) is 0 Å². The minimum Gasteiger partial charge on any atom is -0.316 e. The molecule has 106 valence electrons. The molecule has 2 aromatic carbocycles. The highest BCUT2D eigenvalue weighted by molar-refractivity contribution is 6.30. The van der Waals surface area contributed by atoms with Crippen molar-refractivity contribution in [1.29, 1.82) is 0 Å². The zero-order chi connectivity index (χ0) is 14.4. The van der Waals surface area contributed by atoms with E-state index in [9.17, 15) is 0 Å². The molecule has 0 heterocycles. The average Bonchev–Trinajstić information content (AvgIpc) is 2.43. The van der Waals surface area contributed by atoms with Gasteiger partial charge in [-0.15, -0.1) is 0 Å². The summed E-state index contributed by atoms with van der Waals surface area (Å²) in [5.74, 6) is 0.454. The van der Waals surface area contributed by atoms with Crippen LogP contribution in [0.2, 0.25) is 5.02 Å². The highest BCUT2D eigenvalue weighted by atomic mass is 35.5. The van der Waals surface area contributed by atoms with Gasteiger partial charge in [-0.25, -0.2) is 0 Å². The van der Waals surface area contributed by atoms with Gasteiger partial charge in [0.15, 0.2) is 0 Å². The molecular formula is C18H22ClN. The smallest absolute Gasteiger partial charge is 0.0408 e. The van der Waals surface area contributed by atoms with Crippen molar-refractivity contribution in [2.75, 3.05) is 13.1 Å². The Kier molecular flexibility index (Phi) is 5.63. The normalized spacial score (nSPS) is 12.3. The predicted octanol–water partition coefficient (Wildman–Crippen LogP) is 4.58. The molecule has 1 nitrogen and oxygen atoms in total. The zero-order valence-electron chi connectivity index (χ0n) is 12.2. The summed E-state index contributed by atoms with van der Waals surface area (Å²) in [5.41, 5.74) is 4.00. The second kappa shape index (κ2) is 7.47. The topological polar surface area (TPSA) is 12.0 Å². The Labute approximate surface area is 127 Å². The molecule has 2 aromatic rings. The van der Waals surface area contributed by atoms with Crippen molar-refractivity contribution in [2.24, 2.45) is 0 Å². The average molecular weight is 288 g/mol. The standard InChI is InChI=1S/C18H22ClN/c1-3-20-13-17(16-8-5-9-18(19)12-16)11-15-7-4-6-14(2)10-15/h4-10,12,17,20H,3,11,13H2,1-2H3. The molecule has 2 heteroatoms. The predicted molar refractivity (Wildman–Crippen MR) is 87.6 cm³/mol. The van der Waals surface area contributed by atoms with E-state index >= 15 is 0 Å². The lowest BCUT2D eigenvalue weighted by molar-refractivity contribution is 0.595. The number of aryl methyl sites for hydroxylation is 1. The quantitative estimate of drug-likeness (QED) is 0.820. The third-order valence-corrected chi connectivity index (χ3v) is 3.76. The van der Waals surface area contributed by atoms with Gasteiger partial charge in [0, 0.05) is 17.5 Å². The highest BCUT2D eigenvalue weighted by Crippen LogP contribution is 2.23. The first-order valence-electron chi connectivity index (χ1n) is 7.20. The Morgan fingerprint density at radius 1 is 1.10 bits per heavy atom. The summed E-state index contributed by atoms with van der Waals surface area (Å²) in [4.78, 5) is 0. The van der Waals surface area contributed by atoms with Crippen LogP contribution in [0.4, 0.5) is 0 Å². The molecule has 0 aliphatic carbocycles. The van der Waals surface area contributed by atoms with Crippen molar-refractivity contribution >= 4 is 11.6 Å². The fraction of sp³-hybridized carbons (Fsp3) is 0.333. The van der Waals surface area contributed by atoms with Crippen LogP contribution in [-0.2, 0) is 6.42 Å². The van der Waals surface area contributed by atoms with E-state index in [0.29, 0.717) is 5.92 Å². The lowest BCUT2D eigenvalue weighted by atomic mass is 9.91. The maximum Gasteiger partial charge on any atom is 0.0408 e. The van der Waals surface area contributed by atoms with Gasteiger partial charge < -0.3 is 5.32 Å². The minimum absolute atomic E-state index is 0.454. The SMILES string of the molecule is CCNCC(Cc1cccc(C)c1)c1cccc(Cl)c1. The van der Waals surface area contributed by atoms with Gasteiger partial charge in [-0.1, -0.05) is 60.5 Å². The fourth-order valence-corrected chi connectivity index (χ4v) is 2.71. The summed E-state index contributed by atoms with van der Waals surface area (Å²) < 4.78 is 0. The summed E-state index contributed by atoms with van der Waals surface area (Å²) in [6, 6.07) is 17.0. The third kappa shape index (κ3) is 4.36. The number of likely N-dealkylation sites (N-methyl/N-ethyl adjacent to an activating group) is 1. The summed E-state index contributed by atoms with van der Waals surface area (Å²) in [7, 11) is 0. The van der Waals surface area contributed by atoms with E-state index in [4.69, 9.17) is 11.6 Å². The molecule has 0 bridgehead atoms. The van der Waals surface area contributed by atoms with Gasteiger partial charge in [0.1, 0.15) is 0 Å². The van der Waals surface area contributed by atoms with Gasteiger partial charge in [-0.2, -0.15) is 0 Å². The van der Waals surface area contributed by atoms with Crippen LogP contribution in [0.1, 0.15) is 29.5 Å². The largest absolute Gasteiger partial charge is 0.316 e. The first kappa shape index (κ1) is 15.1. The summed E-state index contributed by atoms with van der Waals surface area (Å²) in [6.07, 6.45) is 1.04. The Balaban J connectivity index is 2.19.